The molecule has 0 N–H and O–H groups in total. The highest BCUT2D eigenvalue weighted by Gasteiger charge is 2.45. The minimum absolute atomic E-state index is 0.0181. The smallest absolute Gasteiger partial charge is 0.349 e. The van der Waals surface area contributed by atoms with E-state index in [-0.39, 0.29) is 5.02 Å². The fourth-order valence-electron chi connectivity index (χ4n) is 1.05. The van der Waals surface area contributed by atoms with Gasteiger partial charge in [0.15, 0.2) is 0 Å². The first-order valence-corrected chi connectivity index (χ1v) is 8.54. The van der Waals surface area contributed by atoms with Gasteiger partial charge in [-0.15, -0.1) is 0 Å². The van der Waals surface area contributed by atoms with Gasteiger partial charge < -0.3 is 9.12 Å². The Morgan fingerprint density at radius 1 is 0.917 bits per heavy atom. The molecule has 0 bridgehead atoms. The van der Waals surface area contributed by atoms with E-state index < -0.39 is 42.5 Å². The van der Waals surface area contributed by atoms with Gasteiger partial charge in [0.2, 0.25) is 0 Å². The highest BCUT2D eigenvalue weighted by molar-refractivity contribution is 7.96. The Hall–Kier alpha value is -1.54. The van der Waals surface area contributed by atoms with Crippen molar-refractivity contribution in [1.82, 2.24) is 0 Å². The van der Waals surface area contributed by atoms with Gasteiger partial charge in [-0.05, 0) is 23.5 Å². The van der Waals surface area contributed by atoms with E-state index in [9.17, 15) is 43.2 Å². The van der Waals surface area contributed by atoms with Crippen molar-refractivity contribution in [3.8, 4) is 0 Å². The predicted molar refractivity (Wildman–Crippen MR) is 71.3 cm³/mol. The van der Waals surface area contributed by atoms with Crippen LogP contribution in [0.1, 0.15) is 5.56 Å². The summed E-state index contributed by atoms with van der Waals surface area (Å²) >= 11 is 5.46. The molecule has 0 atom stereocenters. The molecule has 0 heterocycles. The average Bonchev–Trinajstić information content (AvgIpc) is 2.35. The maximum absolute atomic E-state index is 12.3. The van der Waals surface area contributed by atoms with E-state index in [0.717, 1.165) is 24.3 Å². The largest absolute Gasteiger partial charge is 0.499 e. The fraction of sp³-hybridized carbons (Fsp3) is 0.222. The zero-order chi connectivity index (χ0) is 19.0. The molecule has 0 aliphatic carbocycles. The fourth-order valence-corrected chi connectivity index (χ4v) is 2.18. The van der Waals surface area contributed by atoms with Gasteiger partial charge in [-0.25, -0.2) is 16.8 Å². The van der Waals surface area contributed by atoms with Crippen LogP contribution in [0.25, 0.3) is 4.72 Å². The number of halogens is 7. The Balaban J connectivity index is 3.53. The number of benzene rings is 1. The van der Waals surface area contributed by atoms with Crippen molar-refractivity contribution in [2.45, 2.75) is 11.0 Å². The molecule has 1 aromatic rings. The third-order valence-corrected chi connectivity index (χ3v) is 4.35. The van der Waals surface area contributed by atoms with Gasteiger partial charge in [0.25, 0.3) is 20.0 Å². The third kappa shape index (κ3) is 4.73. The van der Waals surface area contributed by atoms with Crippen molar-refractivity contribution in [1.29, 1.82) is 0 Å². The lowest BCUT2D eigenvalue weighted by Crippen LogP contribution is -2.26. The Morgan fingerprint density at radius 3 is 1.75 bits per heavy atom. The maximum Gasteiger partial charge on any atom is 0.499 e. The van der Waals surface area contributed by atoms with Crippen LogP contribution in [0.3, 0.4) is 0 Å². The first-order valence-electron chi connectivity index (χ1n) is 5.28. The second-order valence-corrected chi connectivity index (χ2v) is 7.48. The summed E-state index contributed by atoms with van der Waals surface area (Å²) in [6.07, 6.45) is 0. The minimum atomic E-state index is -6.34. The SMILES string of the molecule is O=S(=O)(/N=C(/[N-]S(=O)(=O)C(F)(F)F)c1ccc(Cl)cc1)C(F)(F)F. The summed E-state index contributed by atoms with van der Waals surface area (Å²) in [7, 11) is -12.7. The van der Waals surface area contributed by atoms with E-state index in [4.69, 9.17) is 11.6 Å². The zero-order valence-electron chi connectivity index (χ0n) is 10.8. The first kappa shape index (κ1) is 20.5. The van der Waals surface area contributed by atoms with Crippen LogP contribution < -0.4 is 0 Å². The quantitative estimate of drug-likeness (QED) is 0.429. The second-order valence-electron chi connectivity index (χ2n) is 3.85. The van der Waals surface area contributed by atoms with Gasteiger partial charge in [0.05, 0.1) is 0 Å². The van der Waals surface area contributed by atoms with Gasteiger partial charge in [-0.3, -0.25) is 0 Å². The van der Waals surface area contributed by atoms with Gasteiger partial charge in [0.1, 0.15) is 0 Å². The molecule has 0 amide bonds. The van der Waals surface area contributed by atoms with E-state index in [1.807, 2.05) is 0 Å². The van der Waals surface area contributed by atoms with Crippen LogP contribution in [0.5, 0.6) is 0 Å². The summed E-state index contributed by atoms with van der Waals surface area (Å²) in [5, 5.41) is -0.0181. The number of rotatable bonds is 3. The Bertz CT molecular complexity index is 844. The normalized spacial score (nSPS) is 14.5. The summed E-state index contributed by atoms with van der Waals surface area (Å²) in [4.78, 5) is 0. The van der Waals surface area contributed by atoms with Crippen LogP contribution in [-0.2, 0) is 20.0 Å². The minimum Gasteiger partial charge on any atom is -0.349 e. The number of sulfonamides is 2. The summed E-state index contributed by atoms with van der Waals surface area (Å²) < 4.78 is 122. The van der Waals surface area contributed by atoms with Crippen LogP contribution in [0.15, 0.2) is 28.7 Å². The molecule has 24 heavy (non-hydrogen) atoms. The summed E-state index contributed by atoms with van der Waals surface area (Å²) in [5.41, 5.74) is -12.7. The van der Waals surface area contributed by atoms with Crippen molar-refractivity contribution < 1.29 is 43.2 Å². The molecule has 0 radical (unpaired) electrons. The van der Waals surface area contributed by atoms with Crippen molar-refractivity contribution >= 4 is 37.5 Å². The molecule has 0 aliphatic rings. The van der Waals surface area contributed by atoms with Crippen LogP contribution >= 0.6 is 11.6 Å². The Kier molecular flexibility index (Phi) is 5.47. The van der Waals surface area contributed by atoms with E-state index >= 15 is 0 Å². The molecule has 136 valence electrons. The first-order chi connectivity index (χ1) is 10.6. The van der Waals surface area contributed by atoms with E-state index in [0.29, 0.717) is 0 Å². The lowest BCUT2D eigenvalue weighted by molar-refractivity contribution is -0.0436. The molecule has 0 spiro atoms. The zero-order valence-corrected chi connectivity index (χ0v) is 13.2. The van der Waals surface area contributed by atoms with Crippen LogP contribution in [-0.4, -0.2) is 33.7 Å². The van der Waals surface area contributed by atoms with Gasteiger partial charge in [-0.1, -0.05) is 23.7 Å². The summed E-state index contributed by atoms with van der Waals surface area (Å²) in [6.45, 7) is 0. The van der Waals surface area contributed by atoms with E-state index in [1.165, 1.54) is 0 Å². The number of hydrogen-bond donors (Lipinski definition) is 0. The molecule has 0 saturated heterocycles. The van der Waals surface area contributed by atoms with Gasteiger partial charge >= 0.3 is 11.0 Å². The van der Waals surface area contributed by atoms with Crippen molar-refractivity contribution in [2.75, 3.05) is 0 Å². The molecule has 0 unspecified atom stereocenters. The molecule has 0 aromatic heterocycles. The molecule has 6 nitrogen and oxygen atoms in total. The number of nitrogens with zero attached hydrogens (tertiary/aromatic N) is 2. The summed E-state index contributed by atoms with van der Waals surface area (Å²) in [5.74, 6) is -1.82. The lowest BCUT2D eigenvalue weighted by atomic mass is 10.2. The van der Waals surface area contributed by atoms with Crippen LogP contribution in [0.4, 0.5) is 26.3 Å². The number of amidine groups is 1. The average molecular weight is 418 g/mol. The molecule has 15 heteroatoms. The highest BCUT2D eigenvalue weighted by atomic mass is 35.5. The Morgan fingerprint density at radius 2 is 1.38 bits per heavy atom. The highest BCUT2D eigenvalue weighted by Crippen LogP contribution is 2.31. The molecule has 0 aliphatic heterocycles. The van der Waals surface area contributed by atoms with Crippen molar-refractivity contribution in [3.05, 3.63) is 39.6 Å². The van der Waals surface area contributed by atoms with Gasteiger partial charge in [0, 0.05) is 5.02 Å². The summed E-state index contributed by atoms with van der Waals surface area (Å²) in [6, 6.07) is 3.37. The monoisotopic (exact) mass is 417 g/mol. The number of hydrogen-bond acceptors (Lipinski definition) is 4. The third-order valence-electron chi connectivity index (χ3n) is 2.10. The second kappa shape index (κ2) is 6.40. The molecular weight excluding hydrogens is 414 g/mol. The van der Waals surface area contributed by atoms with Crippen molar-refractivity contribution in [3.63, 3.8) is 0 Å². The standard InChI is InChI=1S/C9H4ClF6N2O4S2/c10-6-3-1-5(2-4-6)7(17-23(19,20)8(11,12)13)18-24(21,22)9(14,15)16/h1-4H/q-1. The van der Waals surface area contributed by atoms with Gasteiger partial charge in [-0.2, -0.15) is 26.3 Å². The molecular formula is C9H4ClF6N2O4S2-. The Labute approximate surface area is 136 Å². The van der Waals surface area contributed by atoms with E-state index in [2.05, 4.69) is 9.12 Å². The predicted octanol–water partition coefficient (Wildman–Crippen LogP) is 3.16. The lowest BCUT2D eigenvalue weighted by Gasteiger charge is -2.21. The van der Waals surface area contributed by atoms with Crippen LogP contribution in [0, 0.1) is 0 Å². The topological polar surface area (TPSA) is 94.7 Å². The number of alkyl halides is 6. The van der Waals surface area contributed by atoms with E-state index in [1.54, 1.807) is 0 Å². The molecule has 1 rings (SSSR count). The van der Waals surface area contributed by atoms with Crippen molar-refractivity contribution in [2.24, 2.45) is 4.40 Å². The maximum atomic E-state index is 12.3. The molecule has 0 saturated carbocycles. The van der Waals surface area contributed by atoms with Crippen LogP contribution in [0.2, 0.25) is 5.02 Å². The molecule has 0 fully saturated rings. The molecule has 1 aromatic carbocycles.